The third-order valence-electron chi connectivity index (χ3n) is 5.69. The topological polar surface area (TPSA) is 132 Å². The predicted octanol–water partition coefficient (Wildman–Crippen LogP) is 3.45. The van der Waals surface area contributed by atoms with Crippen LogP contribution in [-0.2, 0) is 4.79 Å². The van der Waals surface area contributed by atoms with Crippen molar-refractivity contribution in [3.63, 3.8) is 0 Å². The molecule has 186 valence electrons. The molecule has 3 aromatic heterocycles. The first-order valence-electron chi connectivity index (χ1n) is 11.5. The van der Waals surface area contributed by atoms with Crippen molar-refractivity contribution in [2.75, 3.05) is 6.54 Å². The number of benzene rings is 1. The average Bonchev–Trinajstić information content (AvgIpc) is 3.49. The Kier molecular flexibility index (Phi) is 7.18. The van der Waals surface area contributed by atoms with E-state index in [0.29, 0.717) is 35.0 Å². The van der Waals surface area contributed by atoms with Crippen LogP contribution in [0.4, 0.5) is 4.39 Å². The van der Waals surface area contributed by atoms with Crippen LogP contribution in [0.25, 0.3) is 16.6 Å². The first kappa shape index (κ1) is 24.7. The summed E-state index contributed by atoms with van der Waals surface area (Å²) in [5, 5.41) is 10.3. The Morgan fingerprint density at radius 3 is 2.53 bits per heavy atom. The molecule has 0 radical (unpaired) electrons. The van der Waals surface area contributed by atoms with Crippen LogP contribution in [0.2, 0.25) is 0 Å². The normalized spacial score (nSPS) is 11.9. The fourth-order valence-corrected chi connectivity index (χ4v) is 3.65. The average molecular weight is 493 g/mol. The molecular formula is C25H25FN6O4. The van der Waals surface area contributed by atoms with Gasteiger partial charge < -0.3 is 15.1 Å². The van der Waals surface area contributed by atoms with Gasteiger partial charge in [-0.05, 0) is 37.6 Å². The smallest absolute Gasteiger partial charge is 0.273 e. The molecule has 2 N–H and O–H groups in total. The number of amides is 2. The molecule has 10 nitrogen and oxygen atoms in total. The Morgan fingerprint density at radius 1 is 1.08 bits per heavy atom. The molecule has 0 bridgehead atoms. The van der Waals surface area contributed by atoms with Crippen LogP contribution in [0.15, 0.2) is 47.3 Å². The predicted molar refractivity (Wildman–Crippen MR) is 128 cm³/mol. The minimum absolute atomic E-state index is 0.0611. The monoisotopic (exact) mass is 492 g/mol. The number of aryl methyl sites for hydroxylation is 1. The number of ketones is 1. The summed E-state index contributed by atoms with van der Waals surface area (Å²) in [6.45, 7) is 5.06. The zero-order valence-corrected chi connectivity index (χ0v) is 20.0. The third kappa shape index (κ3) is 4.99. The van der Waals surface area contributed by atoms with Crippen molar-refractivity contribution in [2.24, 2.45) is 0 Å². The number of Topliss-reactive ketones (excluding diaryl/α,β-unsaturated/α-hetero) is 1. The van der Waals surface area contributed by atoms with E-state index in [0.717, 1.165) is 0 Å². The summed E-state index contributed by atoms with van der Waals surface area (Å²) in [5.74, 6) is -0.951. The Morgan fingerprint density at radius 2 is 1.83 bits per heavy atom. The summed E-state index contributed by atoms with van der Waals surface area (Å²) in [6.07, 6.45) is 5.32. The minimum Gasteiger partial charge on any atom is -0.443 e. The zero-order valence-electron chi connectivity index (χ0n) is 20.0. The van der Waals surface area contributed by atoms with Gasteiger partial charge in [0.15, 0.2) is 11.5 Å². The molecule has 36 heavy (non-hydrogen) atoms. The van der Waals surface area contributed by atoms with Crippen LogP contribution in [0, 0.1) is 12.7 Å². The van der Waals surface area contributed by atoms with Gasteiger partial charge in [-0.1, -0.05) is 13.8 Å². The molecular weight excluding hydrogens is 467 g/mol. The zero-order chi connectivity index (χ0) is 25.8. The van der Waals surface area contributed by atoms with E-state index in [4.69, 9.17) is 4.42 Å². The number of halogens is 1. The largest absolute Gasteiger partial charge is 0.443 e. The SMILES string of the molecule is CCC(=O)CNC(=O)c1nc(C(CC)NC(=O)c2cncc3c2cnn3-c2ccc(F)cc2)oc1C. The molecule has 0 spiro atoms. The fourth-order valence-electron chi connectivity index (χ4n) is 3.65. The van der Waals surface area contributed by atoms with Crippen LogP contribution in [0.3, 0.4) is 0 Å². The number of hydrogen-bond donors (Lipinski definition) is 2. The first-order chi connectivity index (χ1) is 17.3. The van der Waals surface area contributed by atoms with Crippen molar-refractivity contribution in [1.82, 2.24) is 30.4 Å². The molecule has 1 atom stereocenters. The van der Waals surface area contributed by atoms with E-state index in [-0.39, 0.29) is 35.5 Å². The Bertz CT molecular complexity index is 1430. The van der Waals surface area contributed by atoms with Crippen molar-refractivity contribution in [1.29, 1.82) is 0 Å². The van der Waals surface area contributed by atoms with Crippen molar-refractivity contribution < 1.29 is 23.2 Å². The molecule has 4 aromatic rings. The molecule has 0 aliphatic heterocycles. The lowest BCUT2D eigenvalue weighted by molar-refractivity contribution is -0.117. The molecule has 0 saturated carbocycles. The van der Waals surface area contributed by atoms with E-state index >= 15 is 0 Å². The van der Waals surface area contributed by atoms with E-state index in [1.807, 2.05) is 6.92 Å². The maximum absolute atomic E-state index is 13.3. The fraction of sp³-hybridized carbons (Fsp3) is 0.280. The second-order valence-corrected chi connectivity index (χ2v) is 8.12. The number of carbonyl (C=O) groups excluding carboxylic acids is 3. The summed E-state index contributed by atoms with van der Waals surface area (Å²) < 4.78 is 20.6. The lowest BCUT2D eigenvalue weighted by Crippen LogP contribution is -2.30. The Hall–Kier alpha value is -4.41. The van der Waals surface area contributed by atoms with Gasteiger partial charge in [0, 0.05) is 18.0 Å². The van der Waals surface area contributed by atoms with Gasteiger partial charge in [-0.25, -0.2) is 14.1 Å². The van der Waals surface area contributed by atoms with Crippen molar-refractivity contribution >= 4 is 28.5 Å². The molecule has 3 heterocycles. The number of rotatable bonds is 9. The van der Waals surface area contributed by atoms with Crippen LogP contribution in [0.5, 0.6) is 0 Å². The van der Waals surface area contributed by atoms with Gasteiger partial charge in [-0.2, -0.15) is 5.10 Å². The highest BCUT2D eigenvalue weighted by atomic mass is 19.1. The summed E-state index contributed by atoms with van der Waals surface area (Å²) in [4.78, 5) is 45.6. The quantitative estimate of drug-likeness (QED) is 0.366. The number of fused-ring (bicyclic) bond motifs is 1. The molecule has 2 amide bonds. The van der Waals surface area contributed by atoms with Gasteiger partial charge in [0.25, 0.3) is 11.8 Å². The second-order valence-electron chi connectivity index (χ2n) is 8.12. The van der Waals surface area contributed by atoms with E-state index < -0.39 is 17.9 Å². The van der Waals surface area contributed by atoms with Crippen LogP contribution in [0.1, 0.15) is 65.2 Å². The van der Waals surface area contributed by atoms with E-state index in [2.05, 4.69) is 25.7 Å². The number of hydrogen-bond acceptors (Lipinski definition) is 7. The van der Waals surface area contributed by atoms with Crippen molar-refractivity contribution in [3.05, 3.63) is 71.6 Å². The summed E-state index contributed by atoms with van der Waals surface area (Å²) in [7, 11) is 0. The second kappa shape index (κ2) is 10.5. The van der Waals surface area contributed by atoms with E-state index in [1.54, 1.807) is 43.1 Å². The maximum atomic E-state index is 13.3. The molecule has 4 rings (SSSR count). The maximum Gasteiger partial charge on any atom is 0.273 e. The lowest BCUT2D eigenvalue weighted by atomic mass is 10.1. The number of aromatic nitrogens is 4. The molecule has 1 aromatic carbocycles. The van der Waals surface area contributed by atoms with E-state index in [1.165, 1.54) is 18.3 Å². The van der Waals surface area contributed by atoms with Crippen LogP contribution in [-0.4, -0.2) is 43.9 Å². The number of oxazole rings is 1. The summed E-state index contributed by atoms with van der Waals surface area (Å²) in [6, 6.07) is 5.20. The number of nitrogens with one attached hydrogen (secondary N) is 2. The van der Waals surface area contributed by atoms with Gasteiger partial charge in [0.05, 0.1) is 35.7 Å². The summed E-state index contributed by atoms with van der Waals surface area (Å²) in [5.41, 5.74) is 1.55. The summed E-state index contributed by atoms with van der Waals surface area (Å²) >= 11 is 0. The molecule has 0 aliphatic rings. The van der Waals surface area contributed by atoms with Crippen molar-refractivity contribution in [2.45, 2.75) is 39.7 Å². The van der Waals surface area contributed by atoms with Gasteiger partial charge in [-0.15, -0.1) is 0 Å². The lowest BCUT2D eigenvalue weighted by Gasteiger charge is -2.14. The van der Waals surface area contributed by atoms with Crippen molar-refractivity contribution in [3.8, 4) is 5.69 Å². The first-order valence-corrected chi connectivity index (χ1v) is 11.5. The molecule has 0 fully saturated rings. The number of carbonyl (C=O) groups is 3. The molecule has 0 aliphatic carbocycles. The highest BCUT2D eigenvalue weighted by Crippen LogP contribution is 2.24. The molecule has 11 heteroatoms. The standard InChI is InChI=1S/C25H25FN6O4/c1-4-17(33)10-28-24(35)22-14(3)36-25(31-22)20(5-2)30-23(34)19-11-27-13-21-18(19)12-29-32(21)16-8-6-15(26)7-9-16/h6-9,11-13,20H,4-5,10H2,1-3H3,(H,28,35)(H,30,34). The highest BCUT2D eigenvalue weighted by Gasteiger charge is 2.25. The van der Waals surface area contributed by atoms with Gasteiger partial charge >= 0.3 is 0 Å². The molecule has 0 saturated heterocycles. The van der Waals surface area contributed by atoms with Crippen LogP contribution < -0.4 is 10.6 Å². The molecule has 1 unspecified atom stereocenters. The third-order valence-corrected chi connectivity index (χ3v) is 5.69. The number of nitrogens with zero attached hydrogens (tertiary/aromatic N) is 4. The minimum atomic E-state index is -0.613. The van der Waals surface area contributed by atoms with E-state index in [9.17, 15) is 18.8 Å². The Labute approximate surface area is 205 Å². The van der Waals surface area contributed by atoms with Gasteiger partial charge in [0.2, 0.25) is 5.89 Å². The van der Waals surface area contributed by atoms with Gasteiger partial charge in [-0.3, -0.25) is 19.4 Å². The Balaban J connectivity index is 1.55. The van der Waals surface area contributed by atoms with Gasteiger partial charge in [0.1, 0.15) is 17.6 Å². The highest BCUT2D eigenvalue weighted by molar-refractivity contribution is 6.06. The van der Waals surface area contributed by atoms with Crippen LogP contribution >= 0.6 is 0 Å². The number of pyridine rings is 1.